The first kappa shape index (κ1) is 14.6. The number of alkyl halides is 1. The number of hydrogen-bond donors (Lipinski definition) is 1. The molecule has 0 radical (unpaired) electrons. The Labute approximate surface area is 119 Å². The van der Waals surface area contributed by atoms with E-state index >= 15 is 0 Å². The van der Waals surface area contributed by atoms with E-state index in [0.29, 0.717) is 13.0 Å². The molecule has 17 heavy (non-hydrogen) atoms. The summed E-state index contributed by atoms with van der Waals surface area (Å²) in [7, 11) is 0. The molecule has 0 aliphatic heterocycles. The number of esters is 1. The summed E-state index contributed by atoms with van der Waals surface area (Å²) in [6.07, 6.45) is 1.34. The summed E-state index contributed by atoms with van der Waals surface area (Å²) in [6.45, 7) is 0.487. The Morgan fingerprint density at radius 2 is 2.06 bits per heavy atom. The van der Waals surface area contributed by atoms with Gasteiger partial charge in [-0.15, -0.1) is 11.8 Å². The molecule has 94 valence electrons. The van der Waals surface area contributed by atoms with E-state index in [1.165, 1.54) is 0 Å². The highest BCUT2D eigenvalue weighted by atomic mass is 127. The molecule has 3 nitrogen and oxygen atoms in total. The summed E-state index contributed by atoms with van der Waals surface area (Å²) < 4.78 is 5.85. The van der Waals surface area contributed by atoms with E-state index in [9.17, 15) is 4.79 Å². The quantitative estimate of drug-likeness (QED) is 0.265. The van der Waals surface area contributed by atoms with Crippen LogP contribution in [0.1, 0.15) is 12.8 Å². The number of rotatable bonds is 7. The molecular formula is C12H15IO3S. The summed E-state index contributed by atoms with van der Waals surface area (Å²) in [4.78, 5) is 12.2. The van der Waals surface area contributed by atoms with Gasteiger partial charge in [-0.3, -0.25) is 4.79 Å². The van der Waals surface area contributed by atoms with Crippen LogP contribution in [0.25, 0.3) is 0 Å². The molecule has 0 saturated carbocycles. The number of carbonyl (C=O) groups excluding carboxylic acids is 1. The van der Waals surface area contributed by atoms with Crippen LogP contribution in [0.2, 0.25) is 0 Å². The topological polar surface area (TPSA) is 46.5 Å². The molecule has 1 aromatic carbocycles. The molecule has 0 amide bonds. The summed E-state index contributed by atoms with van der Waals surface area (Å²) in [5.41, 5.74) is 0. The van der Waals surface area contributed by atoms with Crippen LogP contribution in [0.3, 0.4) is 0 Å². The van der Waals surface area contributed by atoms with E-state index in [2.05, 4.69) is 22.6 Å². The van der Waals surface area contributed by atoms with E-state index in [-0.39, 0.29) is 11.7 Å². The SMILES string of the molecule is O=C(CCI)OCCCSc1ccc(O)cc1. The van der Waals surface area contributed by atoms with Crippen LogP contribution in [0.15, 0.2) is 29.2 Å². The third kappa shape index (κ3) is 6.78. The first-order valence-electron chi connectivity index (χ1n) is 5.36. The lowest BCUT2D eigenvalue weighted by molar-refractivity contribution is -0.143. The van der Waals surface area contributed by atoms with Crippen LogP contribution >= 0.6 is 34.4 Å². The van der Waals surface area contributed by atoms with Crippen molar-refractivity contribution in [1.29, 1.82) is 0 Å². The number of halogens is 1. The summed E-state index contributed by atoms with van der Waals surface area (Å²) in [5.74, 6) is 1.07. The highest BCUT2D eigenvalue weighted by Gasteiger charge is 2.00. The second-order valence-corrected chi connectivity index (χ2v) is 5.60. The number of hydrogen-bond acceptors (Lipinski definition) is 4. The molecule has 1 N–H and O–H groups in total. The van der Waals surface area contributed by atoms with Gasteiger partial charge in [0.1, 0.15) is 5.75 Å². The zero-order valence-corrected chi connectivity index (χ0v) is 12.4. The lowest BCUT2D eigenvalue weighted by Gasteiger charge is -2.04. The highest BCUT2D eigenvalue weighted by molar-refractivity contribution is 14.1. The van der Waals surface area contributed by atoms with Crippen molar-refractivity contribution in [1.82, 2.24) is 0 Å². The maximum absolute atomic E-state index is 11.1. The maximum Gasteiger partial charge on any atom is 0.306 e. The van der Waals surface area contributed by atoms with Gasteiger partial charge in [0.2, 0.25) is 0 Å². The molecule has 0 aliphatic rings. The van der Waals surface area contributed by atoms with Crippen LogP contribution < -0.4 is 0 Å². The van der Waals surface area contributed by atoms with Crippen molar-refractivity contribution in [2.24, 2.45) is 0 Å². The van der Waals surface area contributed by atoms with Crippen LogP contribution in [-0.4, -0.2) is 27.9 Å². The predicted octanol–water partition coefficient (Wildman–Crippen LogP) is 3.24. The van der Waals surface area contributed by atoms with Gasteiger partial charge in [0, 0.05) is 15.1 Å². The molecule has 0 spiro atoms. The molecule has 0 aromatic heterocycles. The van der Waals surface area contributed by atoms with Gasteiger partial charge in [-0.05, 0) is 30.7 Å². The third-order valence-corrected chi connectivity index (χ3v) is 3.59. The second-order valence-electron chi connectivity index (χ2n) is 3.36. The van der Waals surface area contributed by atoms with E-state index in [1.54, 1.807) is 23.9 Å². The Morgan fingerprint density at radius 3 is 2.71 bits per heavy atom. The minimum absolute atomic E-state index is 0.117. The minimum atomic E-state index is -0.117. The normalized spacial score (nSPS) is 10.2. The number of phenolic OH excluding ortho intramolecular Hbond substituents is 1. The van der Waals surface area contributed by atoms with E-state index in [1.807, 2.05) is 12.1 Å². The number of carbonyl (C=O) groups is 1. The average molecular weight is 366 g/mol. The predicted molar refractivity (Wildman–Crippen MR) is 77.9 cm³/mol. The van der Waals surface area contributed by atoms with Crippen molar-refractivity contribution in [2.75, 3.05) is 16.8 Å². The lowest BCUT2D eigenvalue weighted by Crippen LogP contribution is -2.06. The van der Waals surface area contributed by atoms with Crippen molar-refractivity contribution in [3.8, 4) is 5.75 Å². The minimum Gasteiger partial charge on any atom is -0.508 e. The van der Waals surface area contributed by atoms with Crippen molar-refractivity contribution in [3.05, 3.63) is 24.3 Å². The lowest BCUT2D eigenvalue weighted by atomic mass is 10.3. The summed E-state index contributed by atoms with van der Waals surface area (Å²) in [6, 6.07) is 7.09. The number of benzene rings is 1. The van der Waals surface area contributed by atoms with Crippen LogP contribution in [0, 0.1) is 0 Å². The van der Waals surface area contributed by atoms with Crippen LogP contribution in [0.5, 0.6) is 5.75 Å². The van der Waals surface area contributed by atoms with Gasteiger partial charge in [0.05, 0.1) is 13.0 Å². The maximum atomic E-state index is 11.1. The molecule has 1 aromatic rings. The highest BCUT2D eigenvalue weighted by Crippen LogP contribution is 2.21. The van der Waals surface area contributed by atoms with Gasteiger partial charge in [-0.1, -0.05) is 22.6 Å². The first-order chi connectivity index (χ1) is 8.22. The zero-order valence-electron chi connectivity index (χ0n) is 9.39. The molecule has 0 saturated heterocycles. The third-order valence-electron chi connectivity index (χ3n) is 1.96. The van der Waals surface area contributed by atoms with Gasteiger partial charge in [-0.2, -0.15) is 0 Å². The molecule has 1 rings (SSSR count). The molecule has 0 bridgehead atoms. The fourth-order valence-corrected chi connectivity index (χ4v) is 2.39. The van der Waals surface area contributed by atoms with Crippen molar-refractivity contribution < 1.29 is 14.6 Å². The van der Waals surface area contributed by atoms with E-state index in [0.717, 1.165) is 21.5 Å². The van der Waals surface area contributed by atoms with Gasteiger partial charge < -0.3 is 9.84 Å². The van der Waals surface area contributed by atoms with E-state index < -0.39 is 0 Å². The van der Waals surface area contributed by atoms with Crippen molar-refractivity contribution in [2.45, 2.75) is 17.7 Å². The van der Waals surface area contributed by atoms with E-state index in [4.69, 9.17) is 9.84 Å². The van der Waals surface area contributed by atoms with Crippen LogP contribution in [0.4, 0.5) is 0 Å². The summed E-state index contributed by atoms with van der Waals surface area (Å²) >= 11 is 3.85. The Bertz CT molecular complexity index is 340. The molecule has 0 atom stereocenters. The van der Waals surface area contributed by atoms with Crippen LogP contribution in [-0.2, 0) is 9.53 Å². The van der Waals surface area contributed by atoms with Gasteiger partial charge in [-0.25, -0.2) is 0 Å². The molecule has 5 heteroatoms. The largest absolute Gasteiger partial charge is 0.508 e. The van der Waals surface area contributed by atoms with Crippen molar-refractivity contribution in [3.63, 3.8) is 0 Å². The average Bonchev–Trinajstić information content (AvgIpc) is 2.31. The number of thioether (sulfide) groups is 1. The standard InChI is InChI=1S/C12H15IO3S/c13-7-6-12(15)16-8-1-9-17-11-4-2-10(14)3-5-11/h2-5,14H,1,6-9H2. The van der Waals surface area contributed by atoms with Crippen molar-refractivity contribution >= 4 is 40.3 Å². The number of aromatic hydroxyl groups is 1. The molecule has 0 unspecified atom stereocenters. The fraction of sp³-hybridized carbons (Fsp3) is 0.417. The second kappa shape index (κ2) is 8.63. The number of phenols is 1. The first-order valence-corrected chi connectivity index (χ1v) is 7.87. The zero-order chi connectivity index (χ0) is 12.5. The Morgan fingerprint density at radius 1 is 1.35 bits per heavy atom. The molecule has 0 heterocycles. The fourth-order valence-electron chi connectivity index (χ4n) is 1.13. The Balaban J connectivity index is 2.08. The Kier molecular flexibility index (Phi) is 7.43. The van der Waals surface area contributed by atoms with Gasteiger partial charge in [0.15, 0.2) is 0 Å². The van der Waals surface area contributed by atoms with Gasteiger partial charge in [0.25, 0.3) is 0 Å². The smallest absolute Gasteiger partial charge is 0.306 e. The summed E-state index contributed by atoms with van der Waals surface area (Å²) in [5, 5.41) is 9.11. The van der Waals surface area contributed by atoms with Gasteiger partial charge >= 0.3 is 5.97 Å². The Hall–Kier alpha value is -0.430. The molecular weight excluding hydrogens is 351 g/mol. The molecule has 0 aliphatic carbocycles. The molecule has 0 fully saturated rings. The number of ether oxygens (including phenoxy) is 1. The monoisotopic (exact) mass is 366 g/mol.